The van der Waals surface area contributed by atoms with E-state index in [1.165, 1.54) is 0 Å². The lowest BCUT2D eigenvalue weighted by Crippen LogP contribution is -2.01. The Morgan fingerprint density at radius 3 is 2.95 bits per heavy atom. The summed E-state index contributed by atoms with van der Waals surface area (Å²) < 4.78 is 2.72. The zero-order chi connectivity index (χ0) is 13.4. The van der Waals surface area contributed by atoms with Crippen molar-refractivity contribution in [3.8, 4) is 0 Å². The fourth-order valence-electron chi connectivity index (χ4n) is 1.68. The zero-order valence-electron chi connectivity index (χ0n) is 10.5. The smallest absolute Gasteiger partial charge is 0.163 e. The number of nitrogen functional groups attached to an aromatic ring is 1. The molecule has 0 fully saturated rings. The molecule has 3 rings (SSSR count). The van der Waals surface area contributed by atoms with Crippen LogP contribution in [0.25, 0.3) is 11.0 Å². The van der Waals surface area contributed by atoms with Crippen molar-refractivity contribution in [2.24, 2.45) is 7.05 Å². The number of nitrogens with two attached hydrogens (primary N) is 1. The van der Waals surface area contributed by atoms with Crippen LogP contribution in [0.5, 0.6) is 0 Å². The second kappa shape index (κ2) is 4.78. The summed E-state index contributed by atoms with van der Waals surface area (Å²) in [7, 11) is 1.84. The van der Waals surface area contributed by atoms with Crippen LogP contribution in [0.3, 0.4) is 0 Å². The number of hydrogen-bond acceptors (Lipinski definition) is 7. The van der Waals surface area contributed by atoms with Crippen molar-refractivity contribution in [1.29, 1.82) is 0 Å². The Kier molecular flexibility index (Phi) is 3.11. The Bertz CT molecular complexity index is 732. The largest absolute Gasteiger partial charge is 0.383 e. The van der Waals surface area contributed by atoms with Crippen LogP contribution in [0.1, 0.15) is 11.5 Å². The highest BCUT2D eigenvalue weighted by atomic mass is 32.2. The van der Waals surface area contributed by atoms with Gasteiger partial charge in [-0.15, -0.1) is 11.3 Å². The van der Waals surface area contributed by atoms with Crippen molar-refractivity contribution in [1.82, 2.24) is 24.7 Å². The molecule has 3 aromatic rings. The van der Waals surface area contributed by atoms with Gasteiger partial charge in [0.15, 0.2) is 9.99 Å². The molecule has 0 saturated heterocycles. The molecule has 3 heterocycles. The molecular weight excluding hydrogens is 280 g/mol. The Morgan fingerprint density at radius 1 is 1.37 bits per heavy atom. The second-order valence-electron chi connectivity index (χ2n) is 4.07. The third-order valence-electron chi connectivity index (χ3n) is 2.59. The minimum absolute atomic E-state index is 0.476. The highest BCUT2D eigenvalue weighted by molar-refractivity contribution is 8.00. The van der Waals surface area contributed by atoms with Crippen molar-refractivity contribution in [3.63, 3.8) is 0 Å². The van der Waals surface area contributed by atoms with Gasteiger partial charge in [0.25, 0.3) is 0 Å². The lowest BCUT2D eigenvalue weighted by Gasteiger charge is -2.02. The van der Waals surface area contributed by atoms with Gasteiger partial charge in [0, 0.05) is 18.1 Å². The normalized spacial score (nSPS) is 11.3. The molecule has 0 unspecified atom stereocenters. The monoisotopic (exact) mass is 292 g/mol. The van der Waals surface area contributed by atoms with E-state index in [1.54, 1.807) is 34.0 Å². The van der Waals surface area contributed by atoms with E-state index in [1.807, 2.05) is 19.4 Å². The minimum atomic E-state index is 0.476. The summed E-state index contributed by atoms with van der Waals surface area (Å²) in [6, 6.07) is 0. The van der Waals surface area contributed by atoms with Crippen LogP contribution in [0.15, 0.2) is 15.9 Å². The molecule has 8 heteroatoms. The molecule has 19 heavy (non-hydrogen) atoms. The van der Waals surface area contributed by atoms with Crippen LogP contribution < -0.4 is 5.73 Å². The van der Waals surface area contributed by atoms with Gasteiger partial charge in [-0.3, -0.25) is 4.68 Å². The van der Waals surface area contributed by atoms with Crippen LogP contribution >= 0.6 is 23.1 Å². The maximum absolute atomic E-state index is 5.92. The van der Waals surface area contributed by atoms with E-state index in [4.69, 9.17) is 5.73 Å². The number of nitrogens with zero attached hydrogens (tertiary/aromatic N) is 5. The van der Waals surface area contributed by atoms with Crippen LogP contribution in [0.2, 0.25) is 0 Å². The molecule has 0 radical (unpaired) electrons. The minimum Gasteiger partial charge on any atom is -0.383 e. The first-order valence-corrected chi connectivity index (χ1v) is 7.49. The number of rotatable bonds is 3. The Hall–Kier alpha value is -1.67. The molecule has 0 aliphatic heterocycles. The fourth-order valence-corrected chi connectivity index (χ4v) is 3.38. The van der Waals surface area contributed by atoms with Gasteiger partial charge >= 0.3 is 0 Å². The van der Waals surface area contributed by atoms with Gasteiger partial charge in [-0.25, -0.2) is 15.0 Å². The van der Waals surface area contributed by atoms with Gasteiger partial charge < -0.3 is 5.73 Å². The van der Waals surface area contributed by atoms with Gasteiger partial charge in [-0.1, -0.05) is 11.8 Å². The van der Waals surface area contributed by atoms with Gasteiger partial charge in [0.1, 0.15) is 11.6 Å². The topological polar surface area (TPSA) is 82.5 Å². The molecule has 0 bridgehead atoms. The molecule has 0 aromatic carbocycles. The van der Waals surface area contributed by atoms with E-state index < -0.39 is 0 Å². The molecule has 3 aromatic heterocycles. The predicted octanol–water partition coefficient (Wildman–Crippen LogP) is 2.00. The van der Waals surface area contributed by atoms with E-state index in [0.717, 1.165) is 21.1 Å². The molecule has 6 nitrogen and oxygen atoms in total. The molecular formula is C11H12N6S2. The van der Waals surface area contributed by atoms with Crippen LogP contribution in [0.4, 0.5) is 5.82 Å². The maximum atomic E-state index is 5.92. The number of fused-ring (bicyclic) bond motifs is 1. The Morgan fingerprint density at radius 2 is 2.21 bits per heavy atom. The summed E-state index contributed by atoms with van der Waals surface area (Å²) in [5, 5.41) is 6.96. The van der Waals surface area contributed by atoms with Crippen LogP contribution in [-0.4, -0.2) is 24.7 Å². The van der Waals surface area contributed by atoms with E-state index in [2.05, 4.69) is 20.1 Å². The fraction of sp³-hybridized carbons (Fsp3) is 0.273. The number of aromatic nitrogens is 5. The average molecular weight is 292 g/mol. The van der Waals surface area contributed by atoms with Crippen LogP contribution in [-0.2, 0) is 12.8 Å². The molecule has 0 spiro atoms. The summed E-state index contributed by atoms with van der Waals surface area (Å²) in [5.41, 5.74) is 7.72. The summed E-state index contributed by atoms with van der Waals surface area (Å²) in [4.78, 5) is 13.2. The highest BCUT2D eigenvalue weighted by Crippen LogP contribution is 2.26. The van der Waals surface area contributed by atoms with Gasteiger partial charge in [-0.2, -0.15) is 5.10 Å². The number of aryl methyl sites for hydroxylation is 2. The molecule has 0 atom stereocenters. The number of hydrogen-bond donors (Lipinski definition) is 1. The highest BCUT2D eigenvalue weighted by Gasteiger charge is 2.10. The standard InChI is InChI=1S/C11H12N6S2/c1-6-4-18-11(14-6)19-5-8-15-9(12)7-3-13-17(2)10(7)16-8/h3-4H,5H2,1-2H3,(H2,12,15,16). The van der Waals surface area contributed by atoms with Crippen molar-refractivity contribution in [3.05, 3.63) is 23.1 Å². The third-order valence-corrected chi connectivity index (χ3v) is 4.73. The molecule has 0 amide bonds. The zero-order valence-corrected chi connectivity index (χ0v) is 12.1. The van der Waals surface area contributed by atoms with Gasteiger partial charge in [-0.05, 0) is 6.92 Å². The predicted molar refractivity (Wildman–Crippen MR) is 77.1 cm³/mol. The quantitative estimate of drug-likeness (QED) is 0.743. The van der Waals surface area contributed by atoms with Crippen molar-refractivity contribution >= 4 is 39.9 Å². The summed E-state index contributed by atoms with van der Waals surface area (Å²) in [6.45, 7) is 1.98. The first-order valence-electron chi connectivity index (χ1n) is 5.62. The Balaban J connectivity index is 1.86. The van der Waals surface area contributed by atoms with E-state index >= 15 is 0 Å². The molecule has 0 saturated carbocycles. The second-order valence-corrected chi connectivity index (χ2v) is 6.15. The van der Waals surface area contributed by atoms with Crippen molar-refractivity contribution < 1.29 is 0 Å². The lowest BCUT2D eigenvalue weighted by molar-refractivity contribution is 0.782. The van der Waals surface area contributed by atoms with Crippen molar-refractivity contribution in [2.45, 2.75) is 17.0 Å². The number of thiazole rings is 1. The Labute approximate surface area is 118 Å². The van der Waals surface area contributed by atoms with Gasteiger partial charge in [0.2, 0.25) is 0 Å². The SMILES string of the molecule is Cc1csc(SCc2nc(N)c3cnn(C)c3n2)n1. The van der Waals surface area contributed by atoms with E-state index in [9.17, 15) is 0 Å². The first-order chi connectivity index (χ1) is 9.13. The molecule has 98 valence electrons. The summed E-state index contributed by atoms with van der Waals surface area (Å²) in [6.07, 6.45) is 1.69. The molecule has 0 aliphatic rings. The summed E-state index contributed by atoms with van der Waals surface area (Å²) in [5.74, 6) is 1.83. The van der Waals surface area contributed by atoms with E-state index in [-0.39, 0.29) is 0 Å². The average Bonchev–Trinajstić information content (AvgIpc) is 2.95. The molecule has 0 aliphatic carbocycles. The number of anilines is 1. The number of thioether (sulfide) groups is 1. The third kappa shape index (κ3) is 2.41. The van der Waals surface area contributed by atoms with Crippen molar-refractivity contribution in [2.75, 3.05) is 5.73 Å². The van der Waals surface area contributed by atoms with Gasteiger partial charge in [0.05, 0.1) is 17.3 Å². The van der Waals surface area contributed by atoms with Crippen LogP contribution in [0, 0.1) is 6.92 Å². The summed E-state index contributed by atoms with van der Waals surface area (Å²) >= 11 is 3.25. The van der Waals surface area contributed by atoms with E-state index in [0.29, 0.717) is 17.4 Å². The maximum Gasteiger partial charge on any atom is 0.163 e. The molecule has 2 N–H and O–H groups in total. The first kappa shape index (κ1) is 12.4. The lowest BCUT2D eigenvalue weighted by atomic mass is 10.4.